The monoisotopic (exact) mass is 515 g/mol. The van der Waals surface area contributed by atoms with Gasteiger partial charge in [-0.25, -0.2) is 0 Å². The van der Waals surface area contributed by atoms with Crippen molar-refractivity contribution in [1.82, 2.24) is 20.0 Å². The molecule has 0 aliphatic carbocycles. The number of carbonyl (C=O) groups excluding carboxylic acids is 1. The zero-order valence-corrected chi connectivity index (χ0v) is 21.8. The van der Waals surface area contributed by atoms with Crippen LogP contribution in [0.25, 0.3) is 22.2 Å². The van der Waals surface area contributed by atoms with Gasteiger partial charge in [-0.2, -0.15) is 16.4 Å². The molecule has 2 aromatic carbocycles. The van der Waals surface area contributed by atoms with E-state index in [4.69, 9.17) is 4.74 Å². The maximum absolute atomic E-state index is 13.5. The topological polar surface area (TPSA) is 73.5 Å². The summed E-state index contributed by atoms with van der Waals surface area (Å²) in [5.41, 5.74) is 6.12. The fourth-order valence-corrected chi connectivity index (χ4v) is 6.10. The first kappa shape index (κ1) is 24.3. The lowest BCUT2D eigenvalue weighted by molar-refractivity contribution is -0.121. The summed E-state index contributed by atoms with van der Waals surface area (Å²) in [6, 6.07) is 16.5. The van der Waals surface area contributed by atoms with Crippen molar-refractivity contribution in [1.29, 1.82) is 0 Å². The number of aromatic amines is 1. The molecule has 7 nitrogen and oxygen atoms in total. The summed E-state index contributed by atoms with van der Waals surface area (Å²) in [6.45, 7) is 6.68. The second-order valence-corrected chi connectivity index (χ2v) is 10.7. The van der Waals surface area contributed by atoms with Crippen molar-refractivity contribution >= 4 is 33.8 Å². The molecule has 0 saturated carbocycles. The van der Waals surface area contributed by atoms with E-state index in [-0.39, 0.29) is 11.9 Å². The highest BCUT2D eigenvalue weighted by molar-refractivity contribution is 7.08. The molecule has 4 aromatic rings. The fraction of sp³-hybridized carbons (Fsp3) is 0.379. The Labute approximate surface area is 221 Å². The van der Waals surface area contributed by atoms with E-state index in [9.17, 15) is 4.79 Å². The van der Waals surface area contributed by atoms with Gasteiger partial charge in [-0.1, -0.05) is 24.3 Å². The van der Waals surface area contributed by atoms with Gasteiger partial charge in [0, 0.05) is 36.3 Å². The predicted molar refractivity (Wildman–Crippen MR) is 149 cm³/mol. The van der Waals surface area contributed by atoms with Crippen LogP contribution in [0.3, 0.4) is 0 Å². The van der Waals surface area contributed by atoms with Crippen molar-refractivity contribution in [2.24, 2.45) is 0 Å². The van der Waals surface area contributed by atoms with Gasteiger partial charge in [0.25, 0.3) is 0 Å². The number of aromatic nitrogens is 2. The van der Waals surface area contributed by atoms with E-state index >= 15 is 0 Å². The molecule has 1 atom stereocenters. The van der Waals surface area contributed by atoms with Crippen LogP contribution in [0.15, 0.2) is 59.3 Å². The molecule has 1 unspecified atom stereocenters. The molecule has 192 valence electrons. The average Bonchev–Trinajstić information content (AvgIpc) is 3.72. The van der Waals surface area contributed by atoms with Crippen LogP contribution in [-0.4, -0.2) is 71.8 Å². The molecule has 6 rings (SSSR count). The van der Waals surface area contributed by atoms with Crippen LogP contribution >= 0.6 is 11.3 Å². The van der Waals surface area contributed by atoms with Gasteiger partial charge in [-0.15, -0.1) is 0 Å². The lowest BCUT2D eigenvalue weighted by atomic mass is 10.0. The number of likely N-dealkylation sites (tertiary alicyclic amines) is 1. The standard InChI is InChI=1S/C29H33N5O2S/c35-29(28(23-10-18-37-20-23)34-11-1-2-12-34)30-24-7-8-26-25(19-24)27(32-31-26)22-5-3-21(4-6-22)9-13-33-14-16-36-17-15-33/h3-8,10,18-20,28H,1-2,9,11-17H2,(H,30,35)(H,31,32). The summed E-state index contributed by atoms with van der Waals surface area (Å²) in [4.78, 5) is 18.2. The molecule has 2 N–H and O–H groups in total. The number of thiophene rings is 1. The van der Waals surface area contributed by atoms with Crippen LogP contribution in [-0.2, 0) is 16.0 Å². The first-order chi connectivity index (χ1) is 18.2. The van der Waals surface area contributed by atoms with Gasteiger partial charge < -0.3 is 10.1 Å². The van der Waals surface area contributed by atoms with Gasteiger partial charge in [0.1, 0.15) is 6.04 Å². The Bertz CT molecular complexity index is 1320. The van der Waals surface area contributed by atoms with E-state index < -0.39 is 0 Å². The molecule has 2 aliphatic rings. The summed E-state index contributed by atoms with van der Waals surface area (Å²) in [7, 11) is 0. The van der Waals surface area contributed by atoms with Crippen molar-refractivity contribution in [3.63, 3.8) is 0 Å². The zero-order valence-electron chi connectivity index (χ0n) is 21.0. The first-order valence-corrected chi connectivity index (χ1v) is 14.1. The van der Waals surface area contributed by atoms with E-state index in [0.717, 1.165) is 98.6 Å². The Balaban J connectivity index is 1.18. The molecular formula is C29H33N5O2S. The number of morpholine rings is 1. The lowest BCUT2D eigenvalue weighted by Gasteiger charge is -2.26. The average molecular weight is 516 g/mol. The van der Waals surface area contributed by atoms with Crippen molar-refractivity contribution in [3.05, 3.63) is 70.4 Å². The summed E-state index contributed by atoms with van der Waals surface area (Å²) in [5.74, 6) is 0.0225. The van der Waals surface area contributed by atoms with E-state index in [1.54, 1.807) is 11.3 Å². The highest BCUT2D eigenvalue weighted by Gasteiger charge is 2.30. The number of fused-ring (bicyclic) bond motifs is 1. The minimum absolute atomic E-state index is 0.0225. The number of amides is 1. The predicted octanol–water partition coefficient (Wildman–Crippen LogP) is 4.94. The van der Waals surface area contributed by atoms with Gasteiger partial charge in [0.05, 0.1) is 24.4 Å². The molecule has 4 heterocycles. The quantitative estimate of drug-likeness (QED) is 0.348. The third kappa shape index (κ3) is 5.48. The molecular weight excluding hydrogens is 482 g/mol. The maximum Gasteiger partial charge on any atom is 0.246 e. The third-order valence-electron chi connectivity index (χ3n) is 7.49. The number of nitrogens with zero attached hydrogens (tertiary/aromatic N) is 3. The SMILES string of the molecule is O=C(Nc1ccc2[nH]nc(-c3ccc(CCN4CCOCC4)cc3)c2c1)C(c1ccsc1)N1CCCC1. The number of hydrogen-bond acceptors (Lipinski definition) is 6. The molecule has 37 heavy (non-hydrogen) atoms. The van der Waals surface area contributed by atoms with Crippen molar-refractivity contribution < 1.29 is 9.53 Å². The van der Waals surface area contributed by atoms with Gasteiger partial charge in [0.2, 0.25) is 5.91 Å². The Kier molecular flexibility index (Phi) is 7.32. The smallest absolute Gasteiger partial charge is 0.246 e. The summed E-state index contributed by atoms with van der Waals surface area (Å²) in [5, 5.41) is 16.1. The number of carbonyl (C=O) groups is 1. The Morgan fingerprint density at radius 3 is 2.62 bits per heavy atom. The van der Waals surface area contributed by atoms with Crippen LogP contribution in [0.1, 0.15) is 30.0 Å². The molecule has 2 fully saturated rings. The molecule has 2 saturated heterocycles. The Morgan fingerprint density at radius 1 is 1.05 bits per heavy atom. The first-order valence-electron chi connectivity index (χ1n) is 13.2. The number of benzene rings is 2. The van der Waals surface area contributed by atoms with Crippen molar-refractivity contribution in [2.75, 3.05) is 51.3 Å². The maximum atomic E-state index is 13.5. The van der Waals surface area contributed by atoms with E-state index in [0.29, 0.717) is 0 Å². The number of nitrogens with one attached hydrogen (secondary N) is 2. The van der Waals surface area contributed by atoms with Crippen molar-refractivity contribution in [3.8, 4) is 11.3 Å². The minimum Gasteiger partial charge on any atom is -0.379 e. The van der Waals surface area contributed by atoms with Gasteiger partial charge in [0.15, 0.2) is 0 Å². The molecule has 1 amide bonds. The van der Waals surface area contributed by atoms with E-state index in [1.807, 2.05) is 23.6 Å². The normalized spacial score (nSPS) is 17.8. The molecule has 2 aliphatic heterocycles. The van der Waals surface area contributed by atoms with Crippen molar-refractivity contribution in [2.45, 2.75) is 25.3 Å². The van der Waals surface area contributed by atoms with Crippen LogP contribution in [0.5, 0.6) is 0 Å². The van der Waals surface area contributed by atoms with Gasteiger partial charge >= 0.3 is 0 Å². The molecule has 0 bridgehead atoms. The van der Waals surface area contributed by atoms with E-state index in [2.05, 4.69) is 61.0 Å². The minimum atomic E-state index is -0.252. The van der Waals surface area contributed by atoms with Gasteiger partial charge in [-0.3, -0.25) is 19.7 Å². The highest BCUT2D eigenvalue weighted by atomic mass is 32.1. The number of anilines is 1. The summed E-state index contributed by atoms with van der Waals surface area (Å²) in [6.07, 6.45) is 3.31. The molecule has 0 radical (unpaired) electrons. The molecule has 2 aromatic heterocycles. The van der Waals surface area contributed by atoms with Gasteiger partial charge in [-0.05, 0) is 78.5 Å². The largest absolute Gasteiger partial charge is 0.379 e. The number of hydrogen-bond donors (Lipinski definition) is 2. The van der Waals surface area contributed by atoms with Crippen LogP contribution in [0.4, 0.5) is 5.69 Å². The molecule has 0 spiro atoms. The second-order valence-electron chi connectivity index (χ2n) is 9.93. The lowest BCUT2D eigenvalue weighted by Crippen LogP contribution is -2.37. The van der Waals surface area contributed by atoms with Crippen LogP contribution < -0.4 is 5.32 Å². The number of H-pyrrole nitrogens is 1. The second kappa shape index (κ2) is 11.1. The van der Waals surface area contributed by atoms with Crippen LogP contribution in [0.2, 0.25) is 0 Å². The highest BCUT2D eigenvalue weighted by Crippen LogP contribution is 2.31. The Hall–Kier alpha value is -3.04. The number of ether oxygens (including phenoxy) is 1. The summed E-state index contributed by atoms with van der Waals surface area (Å²) >= 11 is 1.64. The zero-order chi connectivity index (χ0) is 25.0. The van der Waals surface area contributed by atoms with Crippen LogP contribution in [0, 0.1) is 0 Å². The molecule has 8 heteroatoms. The fourth-order valence-electron chi connectivity index (χ4n) is 5.42. The van der Waals surface area contributed by atoms with E-state index in [1.165, 1.54) is 5.56 Å². The Morgan fingerprint density at radius 2 is 1.86 bits per heavy atom. The summed E-state index contributed by atoms with van der Waals surface area (Å²) < 4.78 is 5.45. The third-order valence-corrected chi connectivity index (χ3v) is 8.19. The number of rotatable bonds is 8.